The van der Waals surface area contributed by atoms with Gasteiger partial charge in [-0.2, -0.15) is 0 Å². The first-order chi connectivity index (χ1) is 16.0. The molecule has 0 radical (unpaired) electrons. The molecule has 3 aromatic carbocycles. The Kier molecular flexibility index (Phi) is 9.03. The molecule has 0 heterocycles. The van der Waals surface area contributed by atoms with E-state index in [-0.39, 0.29) is 11.3 Å². The zero-order valence-corrected chi connectivity index (χ0v) is 20.1. The highest BCUT2D eigenvalue weighted by Gasteiger charge is 2.32. The van der Waals surface area contributed by atoms with Crippen LogP contribution in [0, 0.1) is 0 Å². The Hall–Kier alpha value is -3.17. The van der Waals surface area contributed by atoms with E-state index in [1.807, 2.05) is 50.5 Å². The van der Waals surface area contributed by atoms with Crippen LogP contribution in [-0.4, -0.2) is 31.2 Å². The van der Waals surface area contributed by atoms with Crippen molar-refractivity contribution in [1.29, 1.82) is 0 Å². The van der Waals surface area contributed by atoms with Gasteiger partial charge in [0.2, 0.25) is 5.91 Å². The summed E-state index contributed by atoms with van der Waals surface area (Å²) in [6.45, 7) is 0. The van der Waals surface area contributed by atoms with Gasteiger partial charge in [-0.15, -0.1) is 0 Å². The maximum atomic E-state index is 12.6. The van der Waals surface area contributed by atoms with Gasteiger partial charge in [-0.1, -0.05) is 96.5 Å². The lowest BCUT2D eigenvalue weighted by atomic mass is 9.70. The van der Waals surface area contributed by atoms with Crippen LogP contribution < -0.4 is 0 Å². The molecule has 0 aliphatic heterocycles. The lowest BCUT2D eigenvalue weighted by molar-refractivity contribution is -0.118. The molecule has 0 fully saturated rings. The van der Waals surface area contributed by atoms with Crippen molar-refractivity contribution >= 4 is 29.9 Å². The van der Waals surface area contributed by atoms with E-state index in [1.165, 1.54) is 11.1 Å². The van der Waals surface area contributed by atoms with Gasteiger partial charge in [0.1, 0.15) is 0 Å². The van der Waals surface area contributed by atoms with Gasteiger partial charge in [-0.05, 0) is 48.1 Å². The summed E-state index contributed by atoms with van der Waals surface area (Å²) in [6.07, 6.45) is 8.66. The summed E-state index contributed by atoms with van der Waals surface area (Å²) in [6, 6.07) is 28.9. The predicted octanol–water partition coefficient (Wildman–Crippen LogP) is 6.82. The van der Waals surface area contributed by atoms with E-state index in [0.717, 1.165) is 23.4 Å². The van der Waals surface area contributed by atoms with E-state index in [4.69, 9.17) is 11.6 Å². The summed E-state index contributed by atoms with van der Waals surface area (Å²) in [5, 5.41) is 0.728. The first-order valence-electron chi connectivity index (χ1n) is 11.2. The second-order valence-corrected chi connectivity index (χ2v) is 9.01. The number of hydrogen-bond acceptors (Lipinski definition) is 1. The molecular formula is C29H31ClN2O. The summed E-state index contributed by atoms with van der Waals surface area (Å²) < 4.78 is 0. The monoisotopic (exact) mass is 458 g/mol. The lowest BCUT2D eigenvalue weighted by Crippen LogP contribution is -2.29. The summed E-state index contributed by atoms with van der Waals surface area (Å²) in [5.74, 6) is -0.0984. The SMILES string of the molecule is CN(C)C=NC(=O)CCC(C/C=C/c1ccc(Cl)cc1)(Cc1ccccc1)c1ccccc1. The molecule has 0 aliphatic rings. The predicted molar refractivity (Wildman–Crippen MR) is 140 cm³/mol. The third-order valence-electron chi connectivity index (χ3n) is 5.71. The molecule has 3 aromatic rings. The molecule has 1 amide bonds. The zero-order valence-electron chi connectivity index (χ0n) is 19.3. The molecular weight excluding hydrogens is 428 g/mol. The highest BCUT2D eigenvalue weighted by atomic mass is 35.5. The van der Waals surface area contributed by atoms with Gasteiger partial charge in [0.05, 0.1) is 6.34 Å². The second-order valence-electron chi connectivity index (χ2n) is 8.57. The quantitative estimate of drug-likeness (QED) is 0.246. The van der Waals surface area contributed by atoms with Crippen molar-refractivity contribution in [2.45, 2.75) is 31.1 Å². The Balaban J connectivity index is 1.92. The number of allylic oxidation sites excluding steroid dienone is 1. The number of rotatable bonds is 10. The molecule has 33 heavy (non-hydrogen) atoms. The average molecular weight is 459 g/mol. The number of carbonyl (C=O) groups is 1. The number of benzene rings is 3. The fourth-order valence-electron chi connectivity index (χ4n) is 3.99. The molecule has 4 heteroatoms. The topological polar surface area (TPSA) is 32.7 Å². The van der Waals surface area contributed by atoms with E-state index in [9.17, 15) is 4.79 Å². The molecule has 0 aliphatic carbocycles. The van der Waals surface area contributed by atoms with Gasteiger partial charge >= 0.3 is 0 Å². The van der Waals surface area contributed by atoms with Crippen LogP contribution >= 0.6 is 11.6 Å². The molecule has 1 unspecified atom stereocenters. The highest BCUT2D eigenvalue weighted by Crippen LogP contribution is 2.37. The second kappa shape index (κ2) is 12.2. The van der Waals surface area contributed by atoms with E-state index < -0.39 is 0 Å². The first kappa shape index (κ1) is 24.5. The summed E-state index contributed by atoms with van der Waals surface area (Å²) in [4.78, 5) is 18.4. The van der Waals surface area contributed by atoms with E-state index in [2.05, 4.69) is 65.7 Å². The third kappa shape index (κ3) is 7.73. The first-order valence-corrected chi connectivity index (χ1v) is 11.6. The Morgan fingerprint density at radius 1 is 0.939 bits per heavy atom. The van der Waals surface area contributed by atoms with Crippen molar-refractivity contribution in [3.05, 3.63) is 113 Å². The van der Waals surface area contributed by atoms with Gasteiger partial charge in [0.25, 0.3) is 0 Å². The molecule has 0 saturated heterocycles. The molecule has 0 aromatic heterocycles. The minimum Gasteiger partial charge on any atom is -0.369 e. The summed E-state index contributed by atoms with van der Waals surface area (Å²) >= 11 is 6.03. The van der Waals surface area contributed by atoms with Crippen molar-refractivity contribution in [3.63, 3.8) is 0 Å². The Morgan fingerprint density at radius 3 is 2.21 bits per heavy atom. The van der Waals surface area contributed by atoms with Crippen LogP contribution in [0.4, 0.5) is 0 Å². The Morgan fingerprint density at radius 2 is 1.58 bits per heavy atom. The number of amides is 1. The molecule has 1 atom stereocenters. The molecule has 0 N–H and O–H groups in total. The van der Waals surface area contributed by atoms with Crippen molar-refractivity contribution in [2.24, 2.45) is 4.99 Å². The fourth-order valence-corrected chi connectivity index (χ4v) is 4.12. The Labute approximate surface area is 202 Å². The molecule has 0 spiro atoms. The zero-order chi connectivity index (χ0) is 23.5. The average Bonchev–Trinajstić information content (AvgIpc) is 2.83. The largest absolute Gasteiger partial charge is 0.369 e. The smallest absolute Gasteiger partial charge is 0.247 e. The van der Waals surface area contributed by atoms with Gasteiger partial charge in [-0.3, -0.25) is 4.79 Å². The van der Waals surface area contributed by atoms with Gasteiger partial charge < -0.3 is 4.90 Å². The van der Waals surface area contributed by atoms with E-state index in [1.54, 1.807) is 11.2 Å². The standard InChI is InChI=1S/C29H31ClN2O/c1-32(2)23-31-28(33)19-21-29(26-13-7-4-8-14-26,22-25-10-5-3-6-11-25)20-9-12-24-15-17-27(30)18-16-24/h3-18,23H,19-22H2,1-2H3/b12-9+,31-23?. The molecule has 3 nitrogen and oxygen atoms in total. The van der Waals surface area contributed by atoms with Gasteiger partial charge in [-0.25, -0.2) is 4.99 Å². The lowest BCUT2D eigenvalue weighted by Gasteiger charge is -2.34. The van der Waals surface area contributed by atoms with Crippen LogP contribution in [0.2, 0.25) is 5.02 Å². The van der Waals surface area contributed by atoms with Crippen LogP contribution in [0.1, 0.15) is 36.0 Å². The number of hydrogen-bond donors (Lipinski definition) is 0. The maximum Gasteiger partial charge on any atom is 0.247 e. The number of nitrogens with zero attached hydrogens (tertiary/aromatic N) is 2. The van der Waals surface area contributed by atoms with Crippen LogP contribution in [0.25, 0.3) is 6.08 Å². The van der Waals surface area contributed by atoms with Crippen molar-refractivity contribution in [1.82, 2.24) is 4.90 Å². The van der Waals surface area contributed by atoms with Gasteiger partial charge in [0, 0.05) is 31.0 Å². The van der Waals surface area contributed by atoms with E-state index in [0.29, 0.717) is 12.8 Å². The Bertz CT molecular complexity index is 1060. The number of halogens is 1. The van der Waals surface area contributed by atoms with Crippen molar-refractivity contribution < 1.29 is 4.79 Å². The molecule has 0 bridgehead atoms. The number of aliphatic imine (C=N–C) groups is 1. The normalized spacial score (nSPS) is 13.3. The van der Waals surface area contributed by atoms with Crippen LogP contribution in [0.5, 0.6) is 0 Å². The minimum atomic E-state index is -0.227. The van der Waals surface area contributed by atoms with Gasteiger partial charge in [0.15, 0.2) is 0 Å². The maximum absolute atomic E-state index is 12.6. The molecule has 3 rings (SSSR count). The molecule has 0 saturated carbocycles. The van der Waals surface area contributed by atoms with Crippen molar-refractivity contribution in [3.8, 4) is 0 Å². The minimum absolute atomic E-state index is 0.0984. The van der Waals surface area contributed by atoms with Crippen LogP contribution in [-0.2, 0) is 16.6 Å². The van der Waals surface area contributed by atoms with E-state index >= 15 is 0 Å². The number of carbonyl (C=O) groups excluding carboxylic acids is 1. The molecule has 170 valence electrons. The summed E-state index contributed by atoms with van der Waals surface area (Å²) in [7, 11) is 3.73. The van der Waals surface area contributed by atoms with Crippen molar-refractivity contribution in [2.75, 3.05) is 14.1 Å². The highest BCUT2D eigenvalue weighted by molar-refractivity contribution is 6.30. The summed E-state index contributed by atoms with van der Waals surface area (Å²) in [5.41, 5.74) is 3.37. The van der Waals surface area contributed by atoms with Crippen LogP contribution in [0.15, 0.2) is 96.0 Å². The fraction of sp³-hybridized carbons (Fsp3) is 0.241. The van der Waals surface area contributed by atoms with Crippen LogP contribution in [0.3, 0.4) is 0 Å². The third-order valence-corrected chi connectivity index (χ3v) is 5.96.